The number of nitro groups is 1. The number of nitro benzene ring substituents is 1. The molecule has 0 aliphatic carbocycles. The van der Waals surface area contributed by atoms with Gasteiger partial charge in [0.15, 0.2) is 0 Å². The van der Waals surface area contributed by atoms with E-state index in [9.17, 15) is 18.5 Å². The molecule has 1 fully saturated rings. The molecule has 0 aromatic heterocycles. The SMILES string of the molecule is C[C@@H]1CN(c2ccc([N+](=O)[O-])cc2Cl)CCN1S(=O)(=O)Cc1ccccc1. The number of nitrogens with zero attached hydrogens (tertiary/aromatic N) is 3. The lowest BCUT2D eigenvalue weighted by molar-refractivity contribution is -0.384. The minimum absolute atomic E-state index is 0.0313. The molecule has 0 saturated carbocycles. The Labute approximate surface area is 163 Å². The quantitative estimate of drug-likeness (QED) is 0.558. The van der Waals surface area contributed by atoms with Crippen molar-refractivity contribution in [3.05, 3.63) is 69.2 Å². The number of non-ortho nitro benzene ring substituents is 1. The largest absolute Gasteiger partial charge is 0.367 e. The fraction of sp³-hybridized carbons (Fsp3) is 0.333. The van der Waals surface area contributed by atoms with E-state index in [2.05, 4.69) is 0 Å². The van der Waals surface area contributed by atoms with Gasteiger partial charge in [0.1, 0.15) is 0 Å². The Bertz CT molecular complexity index is 937. The second-order valence-electron chi connectivity index (χ2n) is 6.54. The molecular weight excluding hydrogens is 390 g/mol. The number of halogens is 1. The summed E-state index contributed by atoms with van der Waals surface area (Å²) in [6.45, 7) is 3.12. The fourth-order valence-corrected chi connectivity index (χ4v) is 5.36. The van der Waals surface area contributed by atoms with Crippen LogP contribution in [0.2, 0.25) is 5.02 Å². The van der Waals surface area contributed by atoms with Crippen molar-refractivity contribution in [2.45, 2.75) is 18.7 Å². The van der Waals surface area contributed by atoms with Crippen LogP contribution in [0.3, 0.4) is 0 Å². The Balaban J connectivity index is 1.73. The number of benzene rings is 2. The summed E-state index contributed by atoms with van der Waals surface area (Å²) >= 11 is 6.21. The first-order valence-corrected chi connectivity index (χ1v) is 10.5. The van der Waals surface area contributed by atoms with Gasteiger partial charge in [0.2, 0.25) is 10.0 Å². The van der Waals surface area contributed by atoms with Crippen LogP contribution in [0, 0.1) is 10.1 Å². The summed E-state index contributed by atoms with van der Waals surface area (Å²) in [6.07, 6.45) is 0. The summed E-state index contributed by atoms with van der Waals surface area (Å²) in [5.74, 6) is -0.0313. The van der Waals surface area contributed by atoms with Gasteiger partial charge >= 0.3 is 0 Å². The number of hydrogen-bond acceptors (Lipinski definition) is 5. The lowest BCUT2D eigenvalue weighted by Crippen LogP contribution is -2.54. The monoisotopic (exact) mass is 409 g/mol. The molecule has 2 aromatic carbocycles. The molecule has 0 amide bonds. The molecule has 9 heteroatoms. The molecule has 1 atom stereocenters. The lowest BCUT2D eigenvalue weighted by Gasteiger charge is -2.40. The Kier molecular flexibility index (Phi) is 5.69. The second kappa shape index (κ2) is 7.84. The number of piperazine rings is 1. The first-order valence-electron chi connectivity index (χ1n) is 8.50. The van der Waals surface area contributed by atoms with E-state index in [-0.39, 0.29) is 22.5 Å². The van der Waals surface area contributed by atoms with Gasteiger partial charge < -0.3 is 4.90 Å². The Morgan fingerprint density at radius 2 is 1.89 bits per heavy atom. The highest BCUT2D eigenvalue weighted by Gasteiger charge is 2.33. The van der Waals surface area contributed by atoms with E-state index in [1.807, 2.05) is 30.0 Å². The van der Waals surface area contributed by atoms with Crippen molar-refractivity contribution in [2.24, 2.45) is 0 Å². The van der Waals surface area contributed by atoms with Gasteiger partial charge in [-0.3, -0.25) is 10.1 Å². The highest BCUT2D eigenvalue weighted by atomic mass is 35.5. The van der Waals surface area contributed by atoms with Gasteiger partial charge in [-0.1, -0.05) is 41.9 Å². The zero-order valence-corrected chi connectivity index (χ0v) is 16.4. The van der Waals surface area contributed by atoms with Crippen molar-refractivity contribution in [2.75, 3.05) is 24.5 Å². The summed E-state index contributed by atoms with van der Waals surface area (Å²) in [5.41, 5.74) is 1.36. The van der Waals surface area contributed by atoms with Gasteiger partial charge in [-0.05, 0) is 18.6 Å². The summed E-state index contributed by atoms with van der Waals surface area (Å²) < 4.78 is 27.1. The maximum absolute atomic E-state index is 12.8. The summed E-state index contributed by atoms with van der Waals surface area (Å²) in [4.78, 5) is 12.3. The van der Waals surface area contributed by atoms with E-state index in [1.54, 1.807) is 18.2 Å². The van der Waals surface area contributed by atoms with Crippen LogP contribution in [0.1, 0.15) is 12.5 Å². The fourth-order valence-electron chi connectivity index (χ4n) is 3.31. The molecule has 0 bridgehead atoms. The van der Waals surface area contributed by atoms with E-state index in [1.165, 1.54) is 16.4 Å². The van der Waals surface area contributed by atoms with Crippen LogP contribution in [-0.2, 0) is 15.8 Å². The van der Waals surface area contributed by atoms with E-state index in [0.29, 0.717) is 25.3 Å². The van der Waals surface area contributed by atoms with Gasteiger partial charge in [-0.15, -0.1) is 0 Å². The Morgan fingerprint density at radius 3 is 2.48 bits per heavy atom. The van der Waals surface area contributed by atoms with E-state index < -0.39 is 14.9 Å². The van der Waals surface area contributed by atoms with Crippen molar-refractivity contribution < 1.29 is 13.3 Å². The average Bonchev–Trinajstić information content (AvgIpc) is 2.61. The third-order valence-corrected chi connectivity index (χ3v) is 6.86. The lowest BCUT2D eigenvalue weighted by atomic mass is 10.2. The van der Waals surface area contributed by atoms with Crippen LogP contribution < -0.4 is 4.90 Å². The van der Waals surface area contributed by atoms with Crippen molar-refractivity contribution in [1.29, 1.82) is 0 Å². The molecule has 1 aliphatic heterocycles. The summed E-state index contributed by atoms with van der Waals surface area (Å²) in [6, 6.07) is 13.2. The molecule has 0 radical (unpaired) electrons. The smallest absolute Gasteiger partial charge is 0.271 e. The average molecular weight is 410 g/mol. The standard InChI is InChI=1S/C18H20ClN3O4S/c1-14-12-20(18-8-7-16(22(23)24)11-17(18)19)9-10-21(14)27(25,26)13-15-5-3-2-4-6-15/h2-8,11,14H,9-10,12-13H2,1H3/t14-/m1/s1. The second-order valence-corrected chi connectivity index (χ2v) is 8.87. The van der Waals surface area contributed by atoms with Crippen LogP contribution in [0.4, 0.5) is 11.4 Å². The first kappa shape index (κ1) is 19.6. The molecule has 1 saturated heterocycles. The molecule has 27 heavy (non-hydrogen) atoms. The molecule has 7 nitrogen and oxygen atoms in total. The molecule has 1 aliphatic rings. The van der Waals surface area contributed by atoms with Gasteiger partial charge in [0, 0.05) is 37.8 Å². The minimum atomic E-state index is -3.43. The van der Waals surface area contributed by atoms with Gasteiger partial charge in [0.05, 0.1) is 21.4 Å². The third-order valence-electron chi connectivity index (χ3n) is 4.60. The number of sulfonamides is 1. The zero-order valence-electron chi connectivity index (χ0n) is 14.8. The topological polar surface area (TPSA) is 83.8 Å². The van der Waals surface area contributed by atoms with Crippen molar-refractivity contribution >= 4 is 33.0 Å². The Morgan fingerprint density at radius 1 is 1.19 bits per heavy atom. The van der Waals surface area contributed by atoms with Crippen LogP contribution >= 0.6 is 11.6 Å². The molecule has 3 rings (SSSR count). The molecule has 0 unspecified atom stereocenters. The number of rotatable bonds is 5. The number of hydrogen-bond donors (Lipinski definition) is 0. The third kappa shape index (κ3) is 4.40. The van der Waals surface area contributed by atoms with Crippen molar-refractivity contribution in [1.82, 2.24) is 4.31 Å². The molecule has 1 heterocycles. The molecule has 2 aromatic rings. The van der Waals surface area contributed by atoms with Gasteiger partial charge in [-0.25, -0.2) is 8.42 Å². The molecule has 0 spiro atoms. The van der Waals surface area contributed by atoms with Gasteiger partial charge in [-0.2, -0.15) is 4.31 Å². The first-order chi connectivity index (χ1) is 12.8. The van der Waals surface area contributed by atoms with E-state index in [0.717, 1.165) is 5.56 Å². The van der Waals surface area contributed by atoms with Gasteiger partial charge in [0.25, 0.3) is 5.69 Å². The molecule has 144 valence electrons. The highest BCUT2D eigenvalue weighted by molar-refractivity contribution is 7.88. The van der Waals surface area contributed by atoms with E-state index in [4.69, 9.17) is 11.6 Å². The summed E-state index contributed by atoms with van der Waals surface area (Å²) in [7, 11) is -3.43. The van der Waals surface area contributed by atoms with Crippen molar-refractivity contribution in [3.8, 4) is 0 Å². The summed E-state index contributed by atoms with van der Waals surface area (Å²) in [5, 5.41) is 11.1. The minimum Gasteiger partial charge on any atom is -0.367 e. The van der Waals surface area contributed by atoms with Crippen molar-refractivity contribution in [3.63, 3.8) is 0 Å². The Hall–Kier alpha value is -2.16. The van der Waals surface area contributed by atoms with Crippen LogP contribution in [0.15, 0.2) is 48.5 Å². The molecular formula is C18H20ClN3O4S. The predicted molar refractivity (Wildman–Crippen MR) is 106 cm³/mol. The number of anilines is 1. The van der Waals surface area contributed by atoms with Crippen LogP contribution in [0.25, 0.3) is 0 Å². The van der Waals surface area contributed by atoms with Crippen LogP contribution in [0.5, 0.6) is 0 Å². The zero-order chi connectivity index (χ0) is 19.6. The maximum Gasteiger partial charge on any atom is 0.271 e. The predicted octanol–water partition coefficient (Wildman–Crippen LogP) is 3.29. The maximum atomic E-state index is 12.8. The molecule has 0 N–H and O–H groups in total. The van der Waals surface area contributed by atoms with E-state index >= 15 is 0 Å². The van der Waals surface area contributed by atoms with Crippen LogP contribution in [-0.4, -0.2) is 43.3 Å². The highest BCUT2D eigenvalue weighted by Crippen LogP contribution is 2.31. The normalized spacial score (nSPS) is 18.4.